The van der Waals surface area contributed by atoms with E-state index in [9.17, 15) is 8.42 Å². The highest BCUT2D eigenvalue weighted by atomic mass is 32.2. The second-order valence-corrected chi connectivity index (χ2v) is 7.16. The zero-order valence-electron chi connectivity index (χ0n) is 11.8. The van der Waals surface area contributed by atoms with Gasteiger partial charge in [-0.3, -0.25) is 0 Å². The van der Waals surface area contributed by atoms with Crippen LogP contribution in [0.15, 0.2) is 0 Å². The van der Waals surface area contributed by atoms with E-state index in [1.165, 1.54) is 19.3 Å². The number of hydrogen-bond donors (Lipinski definition) is 1. The Morgan fingerprint density at radius 2 is 1.83 bits per heavy atom. The molecule has 0 heterocycles. The van der Waals surface area contributed by atoms with Crippen molar-refractivity contribution < 1.29 is 8.42 Å². The minimum absolute atomic E-state index is 0.262. The van der Waals surface area contributed by atoms with E-state index in [2.05, 4.69) is 5.32 Å². The summed E-state index contributed by atoms with van der Waals surface area (Å²) in [5.41, 5.74) is 0. The van der Waals surface area contributed by atoms with Crippen LogP contribution in [-0.4, -0.2) is 44.7 Å². The van der Waals surface area contributed by atoms with Crippen LogP contribution in [0.2, 0.25) is 0 Å². The van der Waals surface area contributed by atoms with Gasteiger partial charge in [-0.2, -0.15) is 4.31 Å². The molecule has 0 bridgehead atoms. The van der Waals surface area contributed by atoms with Crippen LogP contribution in [0, 0.1) is 0 Å². The van der Waals surface area contributed by atoms with Crippen LogP contribution in [0.4, 0.5) is 0 Å². The number of sulfonamides is 1. The van der Waals surface area contributed by atoms with E-state index >= 15 is 0 Å². The number of hydrogen-bond acceptors (Lipinski definition) is 3. The highest BCUT2D eigenvalue weighted by Crippen LogP contribution is 2.24. The standard InChI is InChI=1S/C13H28N2O2S/c1-3-15(13-9-5-4-6-10-13)18(16,17)12-8-7-11-14-2/h13-14H,3-12H2,1-2H3. The van der Waals surface area contributed by atoms with Crippen molar-refractivity contribution in [3.05, 3.63) is 0 Å². The molecule has 0 aromatic rings. The van der Waals surface area contributed by atoms with Crippen LogP contribution in [0.25, 0.3) is 0 Å². The molecule has 1 saturated carbocycles. The van der Waals surface area contributed by atoms with Gasteiger partial charge in [0.2, 0.25) is 10.0 Å². The van der Waals surface area contributed by atoms with Crippen molar-refractivity contribution in [1.29, 1.82) is 0 Å². The van der Waals surface area contributed by atoms with Crippen molar-refractivity contribution in [2.45, 2.75) is 57.9 Å². The molecule has 1 aliphatic rings. The van der Waals surface area contributed by atoms with Crippen molar-refractivity contribution in [2.24, 2.45) is 0 Å². The van der Waals surface area contributed by atoms with Gasteiger partial charge >= 0.3 is 0 Å². The summed E-state index contributed by atoms with van der Waals surface area (Å²) in [6, 6.07) is 0.262. The van der Waals surface area contributed by atoms with Crippen LogP contribution in [0.3, 0.4) is 0 Å². The molecule has 18 heavy (non-hydrogen) atoms. The monoisotopic (exact) mass is 276 g/mol. The summed E-state index contributed by atoms with van der Waals surface area (Å²) in [4.78, 5) is 0. The second kappa shape index (κ2) is 8.12. The molecule has 0 amide bonds. The van der Waals surface area contributed by atoms with Gasteiger partial charge < -0.3 is 5.32 Å². The molecule has 0 saturated heterocycles. The Balaban J connectivity index is 2.50. The molecule has 1 aliphatic carbocycles. The molecule has 0 aromatic carbocycles. The van der Waals surface area contributed by atoms with E-state index in [1.807, 2.05) is 14.0 Å². The Morgan fingerprint density at radius 3 is 2.39 bits per heavy atom. The average molecular weight is 276 g/mol. The minimum Gasteiger partial charge on any atom is -0.320 e. The third kappa shape index (κ3) is 4.86. The van der Waals surface area contributed by atoms with Crippen molar-refractivity contribution in [3.8, 4) is 0 Å². The fraction of sp³-hybridized carbons (Fsp3) is 1.00. The molecule has 1 rings (SSSR count). The highest BCUT2D eigenvalue weighted by molar-refractivity contribution is 7.89. The fourth-order valence-electron chi connectivity index (χ4n) is 2.75. The Morgan fingerprint density at radius 1 is 1.17 bits per heavy atom. The molecule has 0 radical (unpaired) electrons. The normalized spacial score (nSPS) is 18.4. The van der Waals surface area contributed by atoms with Crippen molar-refractivity contribution in [1.82, 2.24) is 9.62 Å². The average Bonchev–Trinajstić information content (AvgIpc) is 2.36. The first-order valence-electron chi connectivity index (χ1n) is 7.26. The molecule has 4 nitrogen and oxygen atoms in total. The van der Waals surface area contributed by atoms with Crippen LogP contribution in [-0.2, 0) is 10.0 Å². The lowest BCUT2D eigenvalue weighted by molar-refractivity contribution is 0.261. The van der Waals surface area contributed by atoms with Gasteiger partial charge in [0.15, 0.2) is 0 Å². The largest absolute Gasteiger partial charge is 0.320 e. The van der Waals surface area contributed by atoms with Gasteiger partial charge in [-0.1, -0.05) is 26.2 Å². The van der Waals surface area contributed by atoms with E-state index in [0.29, 0.717) is 12.3 Å². The topological polar surface area (TPSA) is 49.4 Å². The first-order chi connectivity index (χ1) is 8.61. The molecule has 1 N–H and O–H groups in total. The van der Waals surface area contributed by atoms with Gasteiger partial charge in [-0.05, 0) is 39.3 Å². The van der Waals surface area contributed by atoms with E-state index in [4.69, 9.17) is 0 Å². The summed E-state index contributed by atoms with van der Waals surface area (Å²) >= 11 is 0. The molecule has 108 valence electrons. The first-order valence-corrected chi connectivity index (χ1v) is 8.87. The van der Waals surface area contributed by atoms with Crippen LogP contribution in [0.5, 0.6) is 0 Å². The smallest absolute Gasteiger partial charge is 0.214 e. The summed E-state index contributed by atoms with van der Waals surface area (Å²) in [5.74, 6) is 0.305. The van der Waals surface area contributed by atoms with Crippen LogP contribution in [0.1, 0.15) is 51.9 Å². The number of rotatable bonds is 8. The molecule has 0 unspecified atom stereocenters. The predicted molar refractivity (Wildman–Crippen MR) is 76.2 cm³/mol. The van der Waals surface area contributed by atoms with Crippen molar-refractivity contribution in [2.75, 3.05) is 25.9 Å². The lowest BCUT2D eigenvalue weighted by atomic mass is 9.95. The molecular formula is C13H28N2O2S. The third-order valence-corrected chi connectivity index (χ3v) is 5.81. The summed E-state index contributed by atoms with van der Waals surface area (Å²) in [6.45, 7) is 3.48. The third-order valence-electron chi connectivity index (χ3n) is 3.73. The van der Waals surface area contributed by atoms with Crippen LogP contribution >= 0.6 is 0 Å². The molecule has 0 atom stereocenters. The maximum Gasteiger partial charge on any atom is 0.214 e. The molecule has 0 aliphatic heterocycles. The lowest BCUT2D eigenvalue weighted by Gasteiger charge is -2.32. The zero-order chi connectivity index (χ0) is 13.4. The number of nitrogens with one attached hydrogen (secondary N) is 1. The predicted octanol–water partition coefficient (Wildman–Crippen LogP) is 1.97. The number of unbranched alkanes of at least 4 members (excludes halogenated alkanes) is 1. The second-order valence-electron chi connectivity index (χ2n) is 5.12. The molecule has 0 aromatic heterocycles. The van der Waals surface area contributed by atoms with Gasteiger partial charge in [-0.25, -0.2) is 8.42 Å². The Labute approximate surface area is 112 Å². The zero-order valence-corrected chi connectivity index (χ0v) is 12.6. The van der Waals surface area contributed by atoms with E-state index in [1.54, 1.807) is 4.31 Å². The Bertz CT molecular complexity index is 311. The summed E-state index contributed by atoms with van der Waals surface area (Å²) < 4.78 is 26.4. The van der Waals surface area contributed by atoms with Gasteiger partial charge in [0.05, 0.1) is 5.75 Å². The summed E-state index contributed by atoms with van der Waals surface area (Å²) in [7, 11) is -1.15. The van der Waals surface area contributed by atoms with Gasteiger partial charge in [0, 0.05) is 12.6 Å². The van der Waals surface area contributed by atoms with Gasteiger partial charge in [-0.15, -0.1) is 0 Å². The molecule has 0 spiro atoms. The summed E-state index contributed by atoms with van der Waals surface area (Å²) in [5, 5.41) is 3.05. The minimum atomic E-state index is -3.05. The van der Waals surface area contributed by atoms with Crippen LogP contribution < -0.4 is 5.32 Å². The Kier molecular flexibility index (Phi) is 7.19. The van der Waals surface area contributed by atoms with Gasteiger partial charge in [0.1, 0.15) is 0 Å². The molecule has 5 heteroatoms. The SMILES string of the molecule is CCN(C1CCCCC1)S(=O)(=O)CCCCNC. The maximum absolute atomic E-state index is 12.3. The quantitative estimate of drug-likeness (QED) is 0.690. The number of nitrogens with zero attached hydrogens (tertiary/aromatic N) is 1. The van der Waals surface area contributed by atoms with E-state index in [0.717, 1.165) is 32.2 Å². The highest BCUT2D eigenvalue weighted by Gasteiger charge is 2.28. The molecular weight excluding hydrogens is 248 g/mol. The first kappa shape index (κ1) is 15.9. The van der Waals surface area contributed by atoms with E-state index in [-0.39, 0.29) is 6.04 Å². The van der Waals surface area contributed by atoms with Crippen molar-refractivity contribution >= 4 is 10.0 Å². The lowest BCUT2D eigenvalue weighted by Crippen LogP contribution is -2.42. The molecule has 1 fully saturated rings. The summed E-state index contributed by atoms with van der Waals surface area (Å²) in [6.07, 6.45) is 7.39. The maximum atomic E-state index is 12.3. The Hall–Kier alpha value is -0.130. The van der Waals surface area contributed by atoms with E-state index < -0.39 is 10.0 Å². The van der Waals surface area contributed by atoms with Gasteiger partial charge in [0.25, 0.3) is 0 Å². The van der Waals surface area contributed by atoms with Crippen molar-refractivity contribution in [3.63, 3.8) is 0 Å². The fourth-order valence-corrected chi connectivity index (χ4v) is 4.62.